The predicted molar refractivity (Wildman–Crippen MR) is 67.7 cm³/mol. The minimum atomic E-state index is -0.385. The van der Waals surface area contributed by atoms with Crippen LogP contribution in [0.25, 0.3) is 0 Å². The van der Waals surface area contributed by atoms with Gasteiger partial charge < -0.3 is 10.3 Å². The van der Waals surface area contributed by atoms with E-state index in [0.29, 0.717) is 5.69 Å². The van der Waals surface area contributed by atoms with Gasteiger partial charge in [0.2, 0.25) is 0 Å². The second-order valence-electron chi connectivity index (χ2n) is 4.53. The summed E-state index contributed by atoms with van der Waals surface area (Å²) in [7, 11) is 0. The first-order chi connectivity index (χ1) is 8.09. The van der Waals surface area contributed by atoms with Crippen molar-refractivity contribution in [2.75, 3.05) is 0 Å². The molecule has 0 saturated carbocycles. The molecule has 1 heterocycles. The monoisotopic (exact) mass is 228 g/mol. The molecule has 0 bridgehead atoms. The first kappa shape index (κ1) is 11.5. The van der Waals surface area contributed by atoms with Gasteiger partial charge in [-0.2, -0.15) is 0 Å². The lowest BCUT2D eigenvalue weighted by Gasteiger charge is -2.26. The summed E-state index contributed by atoms with van der Waals surface area (Å²) in [6.07, 6.45) is 1.74. The number of carbonyl (C=O) groups excluding carboxylic acids is 1. The molecule has 0 aliphatic carbocycles. The Balaban J connectivity index is 2.15. The molecule has 1 amide bonds. The molecule has 0 radical (unpaired) electrons. The molecule has 0 aliphatic heterocycles. The van der Waals surface area contributed by atoms with E-state index in [-0.39, 0.29) is 11.4 Å². The van der Waals surface area contributed by atoms with Crippen molar-refractivity contribution in [3.05, 3.63) is 59.9 Å². The highest BCUT2D eigenvalue weighted by molar-refractivity contribution is 5.92. The largest absolute Gasteiger partial charge is 0.357 e. The van der Waals surface area contributed by atoms with E-state index < -0.39 is 0 Å². The summed E-state index contributed by atoms with van der Waals surface area (Å²) in [5, 5.41) is 3.00. The van der Waals surface area contributed by atoms with Crippen LogP contribution in [0.2, 0.25) is 0 Å². The number of hydrogen-bond donors (Lipinski definition) is 2. The Morgan fingerprint density at radius 3 is 2.41 bits per heavy atom. The second-order valence-corrected chi connectivity index (χ2v) is 4.53. The molecular weight excluding hydrogens is 212 g/mol. The summed E-state index contributed by atoms with van der Waals surface area (Å²) in [5.41, 5.74) is 1.28. The van der Waals surface area contributed by atoms with Gasteiger partial charge in [0.15, 0.2) is 0 Å². The van der Waals surface area contributed by atoms with E-state index in [4.69, 9.17) is 0 Å². The second kappa shape index (κ2) is 4.45. The number of nitrogens with one attached hydrogen (secondary N) is 2. The summed E-state index contributed by atoms with van der Waals surface area (Å²) in [4.78, 5) is 14.9. The van der Waals surface area contributed by atoms with Crippen molar-refractivity contribution in [1.29, 1.82) is 0 Å². The van der Waals surface area contributed by atoms with Crippen LogP contribution in [-0.4, -0.2) is 10.9 Å². The van der Waals surface area contributed by atoms with Crippen LogP contribution in [0.5, 0.6) is 0 Å². The average molecular weight is 228 g/mol. The third-order valence-electron chi connectivity index (χ3n) is 2.76. The van der Waals surface area contributed by atoms with E-state index in [2.05, 4.69) is 10.3 Å². The molecule has 3 nitrogen and oxygen atoms in total. The van der Waals surface area contributed by atoms with Gasteiger partial charge in [-0.25, -0.2) is 0 Å². The van der Waals surface area contributed by atoms with Gasteiger partial charge in [0.05, 0.1) is 5.54 Å². The molecule has 1 aromatic carbocycles. The summed E-state index contributed by atoms with van der Waals surface area (Å²) in [5.74, 6) is -0.0937. The van der Waals surface area contributed by atoms with Crippen LogP contribution in [0.1, 0.15) is 29.9 Å². The molecule has 1 aromatic heterocycles. The topological polar surface area (TPSA) is 44.9 Å². The van der Waals surface area contributed by atoms with Gasteiger partial charge in [0, 0.05) is 6.20 Å². The Hall–Kier alpha value is -2.03. The number of amides is 1. The first-order valence-corrected chi connectivity index (χ1v) is 5.61. The Kier molecular flexibility index (Phi) is 3.00. The number of carbonyl (C=O) groups is 1. The van der Waals surface area contributed by atoms with Crippen LogP contribution in [0.3, 0.4) is 0 Å². The maximum Gasteiger partial charge on any atom is 0.268 e. The van der Waals surface area contributed by atoms with Crippen molar-refractivity contribution in [1.82, 2.24) is 10.3 Å². The molecule has 2 N–H and O–H groups in total. The van der Waals surface area contributed by atoms with Gasteiger partial charge >= 0.3 is 0 Å². The summed E-state index contributed by atoms with van der Waals surface area (Å²) >= 11 is 0. The van der Waals surface area contributed by atoms with Gasteiger partial charge in [-0.3, -0.25) is 4.79 Å². The molecule has 0 atom stereocenters. The van der Waals surface area contributed by atoms with Crippen molar-refractivity contribution in [3.8, 4) is 0 Å². The Morgan fingerprint density at radius 2 is 1.82 bits per heavy atom. The van der Waals surface area contributed by atoms with E-state index in [9.17, 15) is 4.79 Å². The van der Waals surface area contributed by atoms with Gasteiger partial charge in [0.25, 0.3) is 5.91 Å². The third kappa shape index (κ3) is 2.56. The average Bonchev–Trinajstić information content (AvgIpc) is 2.83. The van der Waals surface area contributed by atoms with Crippen LogP contribution in [-0.2, 0) is 5.54 Å². The lowest BCUT2D eigenvalue weighted by Crippen LogP contribution is -2.41. The lowest BCUT2D eigenvalue weighted by molar-refractivity contribution is 0.0907. The van der Waals surface area contributed by atoms with Gasteiger partial charge in [-0.1, -0.05) is 30.3 Å². The van der Waals surface area contributed by atoms with Crippen molar-refractivity contribution >= 4 is 5.91 Å². The zero-order chi connectivity index (χ0) is 12.3. The zero-order valence-corrected chi connectivity index (χ0v) is 10.0. The fourth-order valence-electron chi connectivity index (χ4n) is 1.75. The molecule has 3 heteroatoms. The fraction of sp³-hybridized carbons (Fsp3) is 0.214. The van der Waals surface area contributed by atoms with Crippen LogP contribution < -0.4 is 5.32 Å². The van der Waals surface area contributed by atoms with E-state index in [1.54, 1.807) is 12.3 Å². The van der Waals surface area contributed by atoms with Crippen LogP contribution in [0, 0.1) is 0 Å². The molecule has 0 fully saturated rings. The number of rotatable bonds is 3. The van der Waals surface area contributed by atoms with Crippen molar-refractivity contribution < 1.29 is 4.79 Å². The van der Waals surface area contributed by atoms with Gasteiger partial charge in [-0.15, -0.1) is 0 Å². The standard InChI is InChI=1S/C14H16N2O/c1-14(2,11-7-4-3-5-8-11)16-13(17)12-9-6-10-15-12/h3-10,15H,1-2H3,(H,16,17). The molecular formula is C14H16N2O. The van der Waals surface area contributed by atoms with Crippen LogP contribution in [0.15, 0.2) is 48.7 Å². The van der Waals surface area contributed by atoms with Gasteiger partial charge in [-0.05, 0) is 31.5 Å². The summed E-state index contributed by atoms with van der Waals surface area (Å²) in [6, 6.07) is 13.5. The number of aromatic amines is 1. The van der Waals surface area contributed by atoms with Gasteiger partial charge in [0.1, 0.15) is 5.69 Å². The minimum Gasteiger partial charge on any atom is -0.357 e. The third-order valence-corrected chi connectivity index (χ3v) is 2.76. The minimum absolute atomic E-state index is 0.0937. The molecule has 0 spiro atoms. The molecule has 0 aliphatic rings. The lowest BCUT2D eigenvalue weighted by atomic mass is 9.94. The van der Waals surface area contributed by atoms with E-state index in [1.807, 2.05) is 50.2 Å². The van der Waals surface area contributed by atoms with E-state index in [1.165, 1.54) is 0 Å². The molecule has 0 saturated heterocycles. The Morgan fingerprint density at radius 1 is 1.12 bits per heavy atom. The Labute approximate surface area is 101 Å². The molecule has 0 unspecified atom stereocenters. The zero-order valence-electron chi connectivity index (χ0n) is 10.0. The van der Waals surface area contributed by atoms with Crippen molar-refractivity contribution in [2.24, 2.45) is 0 Å². The molecule has 88 valence electrons. The number of aromatic nitrogens is 1. The maximum absolute atomic E-state index is 12.0. The fourth-order valence-corrected chi connectivity index (χ4v) is 1.75. The summed E-state index contributed by atoms with van der Waals surface area (Å²) in [6.45, 7) is 3.98. The molecule has 2 aromatic rings. The van der Waals surface area contributed by atoms with Crippen LogP contribution >= 0.6 is 0 Å². The predicted octanol–water partition coefficient (Wildman–Crippen LogP) is 2.68. The highest BCUT2D eigenvalue weighted by atomic mass is 16.2. The van der Waals surface area contributed by atoms with E-state index in [0.717, 1.165) is 5.56 Å². The number of H-pyrrole nitrogens is 1. The normalized spacial score (nSPS) is 11.2. The molecule has 2 rings (SSSR count). The smallest absolute Gasteiger partial charge is 0.268 e. The first-order valence-electron chi connectivity index (χ1n) is 5.61. The number of hydrogen-bond acceptors (Lipinski definition) is 1. The highest BCUT2D eigenvalue weighted by Gasteiger charge is 2.23. The van der Waals surface area contributed by atoms with Crippen molar-refractivity contribution in [2.45, 2.75) is 19.4 Å². The quantitative estimate of drug-likeness (QED) is 0.833. The SMILES string of the molecule is CC(C)(NC(=O)c1ccc[nH]1)c1ccccc1. The maximum atomic E-state index is 12.0. The Bertz CT molecular complexity index is 486. The molecule has 17 heavy (non-hydrogen) atoms. The summed E-state index contributed by atoms with van der Waals surface area (Å²) < 4.78 is 0. The van der Waals surface area contributed by atoms with Crippen molar-refractivity contribution in [3.63, 3.8) is 0 Å². The number of benzene rings is 1. The van der Waals surface area contributed by atoms with Crippen LogP contribution in [0.4, 0.5) is 0 Å². The van der Waals surface area contributed by atoms with E-state index >= 15 is 0 Å². The highest BCUT2D eigenvalue weighted by Crippen LogP contribution is 2.19.